The lowest BCUT2D eigenvalue weighted by molar-refractivity contribution is 0.127. The standard InChI is InChI=1S/C14H18N2O/c1-11(17)13-6-7-16(9-13)10-14-5-3-2-4-12(14)8-15/h2-5,11,13,17H,6-7,9-10H2,1H3. The second-order valence-corrected chi connectivity index (χ2v) is 4.79. The maximum absolute atomic E-state index is 9.56. The van der Waals surface area contributed by atoms with E-state index >= 15 is 0 Å². The Kier molecular flexibility index (Phi) is 3.78. The van der Waals surface area contributed by atoms with Gasteiger partial charge in [-0.15, -0.1) is 0 Å². The lowest BCUT2D eigenvalue weighted by Gasteiger charge is -2.17. The van der Waals surface area contributed by atoms with Crippen LogP contribution in [0.5, 0.6) is 0 Å². The Bertz CT molecular complexity index is 422. The molecule has 0 bridgehead atoms. The monoisotopic (exact) mass is 230 g/mol. The summed E-state index contributed by atoms with van der Waals surface area (Å²) in [6, 6.07) is 9.96. The fraction of sp³-hybridized carbons (Fsp3) is 0.500. The summed E-state index contributed by atoms with van der Waals surface area (Å²) in [5, 5.41) is 18.6. The van der Waals surface area contributed by atoms with Crippen molar-refractivity contribution < 1.29 is 5.11 Å². The van der Waals surface area contributed by atoms with Crippen molar-refractivity contribution >= 4 is 0 Å². The molecule has 3 heteroatoms. The van der Waals surface area contributed by atoms with Crippen LogP contribution in [0.2, 0.25) is 0 Å². The molecular weight excluding hydrogens is 212 g/mol. The molecule has 3 nitrogen and oxygen atoms in total. The van der Waals surface area contributed by atoms with E-state index in [-0.39, 0.29) is 6.10 Å². The SMILES string of the molecule is CC(O)C1CCN(Cc2ccccc2C#N)C1. The van der Waals surface area contributed by atoms with Gasteiger partial charge < -0.3 is 5.11 Å². The molecule has 1 heterocycles. The maximum atomic E-state index is 9.56. The highest BCUT2D eigenvalue weighted by Gasteiger charge is 2.26. The summed E-state index contributed by atoms with van der Waals surface area (Å²) in [5.41, 5.74) is 1.84. The molecule has 90 valence electrons. The van der Waals surface area contributed by atoms with E-state index in [0.717, 1.165) is 37.2 Å². The summed E-state index contributed by atoms with van der Waals surface area (Å²) in [6.45, 7) is 4.61. The van der Waals surface area contributed by atoms with Gasteiger partial charge in [-0.2, -0.15) is 5.26 Å². The van der Waals surface area contributed by atoms with Crippen molar-refractivity contribution in [2.24, 2.45) is 5.92 Å². The van der Waals surface area contributed by atoms with Gasteiger partial charge in [-0.1, -0.05) is 18.2 Å². The van der Waals surface area contributed by atoms with E-state index in [9.17, 15) is 5.11 Å². The predicted molar refractivity (Wildman–Crippen MR) is 66.2 cm³/mol. The van der Waals surface area contributed by atoms with Crippen molar-refractivity contribution in [3.63, 3.8) is 0 Å². The number of nitrogens with zero attached hydrogens (tertiary/aromatic N) is 2. The first-order valence-electron chi connectivity index (χ1n) is 6.09. The molecule has 17 heavy (non-hydrogen) atoms. The average molecular weight is 230 g/mol. The average Bonchev–Trinajstić information content (AvgIpc) is 2.78. The highest BCUT2D eigenvalue weighted by Crippen LogP contribution is 2.22. The number of likely N-dealkylation sites (tertiary alicyclic amines) is 1. The molecule has 1 aromatic carbocycles. The van der Waals surface area contributed by atoms with Crippen molar-refractivity contribution in [1.82, 2.24) is 4.90 Å². The summed E-state index contributed by atoms with van der Waals surface area (Å²) in [7, 11) is 0. The first kappa shape index (κ1) is 12.1. The van der Waals surface area contributed by atoms with Crippen LogP contribution in [0.3, 0.4) is 0 Å². The summed E-state index contributed by atoms with van der Waals surface area (Å²) < 4.78 is 0. The predicted octanol–water partition coefficient (Wildman–Crippen LogP) is 1.76. The number of hydrogen-bond acceptors (Lipinski definition) is 3. The van der Waals surface area contributed by atoms with Gasteiger partial charge in [0.05, 0.1) is 17.7 Å². The Morgan fingerprint density at radius 1 is 1.53 bits per heavy atom. The zero-order chi connectivity index (χ0) is 12.3. The molecule has 0 amide bonds. The van der Waals surface area contributed by atoms with Crippen LogP contribution in [0.25, 0.3) is 0 Å². The fourth-order valence-corrected chi connectivity index (χ4v) is 2.41. The molecule has 0 aliphatic carbocycles. The van der Waals surface area contributed by atoms with Crippen molar-refractivity contribution in [2.75, 3.05) is 13.1 Å². The van der Waals surface area contributed by atoms with Crippen LogP contribution in [0, 0.1) is 17.2 Å². The highest BCUT2D eigenvalue weighted by atomic mass is 16.3. The smallest absolute Gasteiger partial charge is 0.0995 e. The first-order valence-corrected chi connectivity index (χ1v) is 6.09. The number of nitriles is 1. The minimum atomic E-state index is -0.230. The molecule has 1 saturated heterocycles. The molecule has 2 rings (SSSR count). The second kappa shape index (κ2) is 5.31. The maximum Gasteiger partial charge on any atom is 0.0995 e. The topological polar surface area (TPSA) is 47.3 Å². The van der Waals surface area contributed by atoms with E-state index in [0.29, 0.717) is 5.92 Å². The minimum absolute atomic E-state index is 0.230. The number of benzene rings is 1. The number of aliphatic hydroxyl groups excluding tert-OH is 1. The molecular formula is C14H18N2O. The van der Waals surface area contributed by atoms with Gasteiger partial charge in [-0.3, -0.25) is 4.90 Å². The van der Waals surface area contributed by atoms with E-state index in [4.69, 9.17) is 5.26 Å². The van der Waals surface area contributed by atoms with Gasteiger partial charge in [-0.25, -0.2) is 0 Å². The zero-order valence-corrected chi connectivity index (χ0v) is 10.1. The molecule has 2 unspecified atom stereocenters. The summed E-state index contributed by atoms with van der Waals surface area (Å²) in [4.78, 5) is 2.31. The molecule has 2 atom stereocenters. The molecule has 0 aromatic heterocycles. The van der Waals surface area contributed by atoms with Crippen LogP contribution in [0.1, 0.15) is 24.5 Å². The third kappa shape index (κ3) is 2.85. The third-order valence-corrected chi connectivity index (χ3v) is 3.52. The molecule has 1 aliphatic rings. The Labute approximate surface area is 102 Å². The number of hydrogen-bond donors (Lipinski definition) is 1. The molecule has 0 radical (unpaired) electrons. The van der Waals surface area contributed by atoms with Crippen LogP contribution in [0.4, 0.5) is 0 Å². The largest absolute Gasteiger partial charge is 0.393 e. The van der Waals surface area contributed by atoms with E-state index < -0.39 is 0 Å². The Morgan fingerprint density at radius 2 is 2.29 bits per heavy atom. The van der Waals surface area contributed by atoms with Crippen molar-refractivity contribution in [1.29, 1.82) is 5.26 Å². The van der Waals surface area contributed by atoms with Gasteiger partial charge >= 0.3 is 0 Å². The molecule has 1 aromatic rings. The first-order chi connectivity index (χ1) is 8.20. The highest BCUT2D eigenvalue weighted by molar-refractivity contribution is 5.37. The van der Waals surface area contributed by atoms with Crippen molar-refractivity contribution in [3.05, 3.63) is 35.4 Å². The van der Waals surface area contributed by atoms with Crippen LogP contribution >= 0.6 is 0 Å². The van der Waals surface area contributed by atoms with Crippen LogP contribution in [0.15, 0.2) is 24.3 Å². The van der Waals surface area contributed by atoms with E-state index in [2.05, 4.69) is 11.0 Å². The van der Waals surface area contributed by atoms with Crippen LogP contribution in [-0.4, -0.2) is 29.2 Å². The van der Waals surface area contributed by atoms with Gasteiger partial charge in [-0.05, 0) is 37.4 Å². The Morgan fingerprint density at radius 3 is 2.94 bits per heavy atom. The van der Waals surface area contributed by atoms with Gasteiger partial charge in [0.1, 0.15) is 0 Å². The summed E-state index contributed by atoms with van der Waals surface area (Å²) in [5.74, 6) is 0.379. The number of rotatable bonds is 3. The van der Waals surface area contributed by atoms with Crippen LogP contribution in [-0.2, 0) is 6.54 Å². The van der Waals surface area contributed by atoms with Gasteiger partial charge in [0.25, 0.3) is 0 Å². The fourth-order valence-electron chi connectivity index (χ4n) is 2.41. The van der Waals surface area contributed by atoms with Gasteiger partial charge in [0.15, 0.2) is 0 Å². The Hall–Kier alpha value is -1.37. The van der Waals surface area contributed by atoms with Gasteiger partial charge in [0, 0.05) is 13.1 Å². The molecule has 1 fully saturated rings. The van der Waals surface area contributed by atoms with E-state index in [1.54, 1.807) is 0 Å². The van der Waals surface area contributed by atoms with Gasteiger partial charge in [0.2, 0.25) is 0 Å². The molecule has 1 aliphatic heterocycles. The van der Waals surface area contributed by atoms with Crippen LogP contribution < -0.4 is 0 Å². The normalized spacial score (nSPS) is 22.3. The molecule has 1 N–H and O–H groups in total. The Balaban J connectivity index is 2.01. The van der Waals surface area contributed by atoms with Crippen molar-refractivity contribution in [2.45, 2.75) is 26.0 Å². The molecule has 0 spiro atoms. The lowest BCUT2D eigenvalue weighted by Crippen LogP contribution is -2.24. The van der Waals surface area contributed by atoms with Crippen molar-refractivity contribution in [3.8, 4) is 6.07 Å². The summed E-state index contributed by atoms with van der Waals surface area (Å²) >= 11 is 0. The van der Waals surface area contributed by atoms with E-state index in [1.807, 2.05) is 31.2 Å². The lowest BCUT2D eigenvalue weighted by atomic mass is 10.0. The zero-order valence-electron chi connectivity index (χ0n) is 10.1. The minimum Gasteiger partial charge on any atom is -0.393 e. The van der Waals surface area contributed by atoms with E-state index in [1.165, 1.54) is 0 Å². The molecule has 0 saturated carbocycles. The third-order valence-electron chi connectivity index (χ3n) is 3.52. The quantitative estimate of drug-likeness (QED) is 0.860. The second-order valence-electron chi connectivity index (χ2n) is 4.79. The number of aliphatic hydroxyl groups is 1. The summed E-state index contributed by atoms with van der Waals surface area (Å²) in [6.07, 6.45) is 0.818.